The Bertz CT molecular complexity index is 2180. The van der Waals surface area contributed by atoms with Crippen LogP contribution in [0.15, 0.2) is 60.7 Å². The summed E-state index contributed by atoms with van der Waals surface area (Å²) in [5, 5.41) is 2.63. The SMILES string of the molecule is [C-]#[N+]c1ccc(OC2CC3CCC(C2)N3C(=O)c2ccc(OC3CCN(C4CCN(c5ccc6c(c5)C(=O)N(C5CCC(=O)NC5=O)C6=O)CC4)CC3)cc2)cc1Cl. The third-order valence-electron chi connectivity index (χ3n) is 12.9. The summed E-state index contributed by atoms with van der Waals surface area (Å²) in [7, 11) is 0. The largest absolute Gasteiger partial charge is 0.490 e. The van der Waals surface area contributed by atoms with E-state index in [1.165, 1.54) is 0 Å². The van der Waals surface area contributed by atoms with Crippen LogP contribution in [0.3, 0.4) is 0 Å². The molecule has 300 valence electrons. The van der Waals surface area contributed by atoms with E-state index < -0.39 is 29.7 Å². The van der Waals surface area contributed by atoms with Crippen LogP contribution in [-0.2, 0) is 9.59 Å². The van der Waals surface area contributed by atoms with Crippen molar-refractivity contribution in [2.75, 3.05) is 31.1 Å². The van der Waals surface area contributed by atoms with Gasteiger partial charge in [0.05, 0.1) is 22.7 Å². The number of hydrogen-bond donors (Lipinski definition) is 1. The fourth-order valence-electron chi connectivity index (χ4n) is 9.92. The molecule has 3 atom stereocenters. The van der Waals surface area contributed by atoms with Crippen LogP contribution in [0.5, 0.6) is 11.5 Å². The van der Waals surface area contributed by atoms with Crippen molar-refractivity contribution in [3.05, 3.63) is 93.8 Å². The molecule has 9 rings (SSSR count). The zero-order chi connectivity index (χ0) is 40.1. The number of amides is 5. The number of imide groups is 2. The lowest BCUT2D eigenvalue weighted by atomic mass is 9.98. The van der Waals surface area contributed by atoms with Gasteiger partial charge in [0.25, 0.3) is 17.7 Å². The highest BCUT2D eigenvalue weighted by Gasteiger charge is 2.46. The van der Waals surface area contributed by atoms with Gasteiger partial charge in [-0.3, -0.25) is 39.1 Å². The Balaban J connectivity index is 0.729. The quantitative estimate of drug-likeness (QED) is 0.215. The molecule has 0 aliphatic carbocycles. The third-order valence-corrected chi connectivity index (χ3v) is 13.2. The van der Waals surface area contributed by atoms with Crippen molar-refractivity contribution in [2.45, 2.75) is 101 Å². The number of likely N-dealkylation sites (tertiary alicyclic amines) is 1. The number of carbonyl (C=O) groups is 5. The predicted molar refractivity (Wildman–Crippen MR) is 214 cm³/mol. The number of carbonyl (C=O) groups excluding carboxylic acids is 5. The van der Waals surface area contributed by atoms with E-state index in [1.54, 1.807) is 30.3 Å². The molecule has 0 aromatic heterocycles. The van der Waals surface area contributed by atoms with Crippen LogP contribution in [0.1, 0.15) is 95.3 Å². The summed E-state index contributed by atoms with van der Waals surface area (Å²) in [5.74, 6) is -0.497. The molecule has 5 fully saturated rings. The maximum Gasteiger partial charge on any atom is 0.262 e. The van der Waals surface area contributed by atoms with Crippen molar-refractivity contribution in [2.24, 2.45) is 0 Å². The molecule has 6 heterocycles. The van der Waals surface area contributed by atoms with Gasteiger partial charge >= 0.3 is 0 Å². The van der Waals surface area contributed by atoms with Crippen LogP contribution in [-0.4, -0.2) is 107 Å². The Morgan fingerprint density at radius 1 is 0.724 bits per heavy atom. The molecule has 6 aliphatic rings. The van der Waals surface area contributed by atoms with Gasteiger partial charge in [-0.1, -0.05) is 17.7 Å². The number of hydrogen-bond acceptors (Lipinski definition) is 9. The van der Waals surface area contributed by atoms with E-state index >= 15 is 0 Å². The van der Waals surface area contributed by atoms with Gasteiger partial charge in [-0.25, -0.2) is 4.85 Å². The van der Waals surface area contributed by atoms with Gasteiger partial charge in [-0.15, -0.1) is 0 Å². The van der Waals surface area contributed by atoms with Crippen LogP contribution < -0.4 is 19.7 Å². The number of nitrogens with one attached hydrogen (secondary N) is 1. The van der Waals surface area contributed by atoms with Gasteiger partial charge in [0.2, 0.25) is 17.5 Å². The lowest BCUT2D eigenvalue weighted by Gasteiger charge is -2.42. The van der Waals surface area contributed by atoms with E-state index in [2.05, 4.69) is 24.9 Å². The highest BCUT2D eigenvalue weighted by atomic mass is 35.5. The van der Waals surface area contributed by atoms with Gasteiger partial charge < -0.3 is 19.3 Å². The number of benzene rings is 3. The summed E-state index contributed by atoms with van der Waals surface area (Å²) in [5.41, 5.74) is 2.56. The average Bonchev–Trinajstić information content (AvgIpc) is 3.65. The van der Waals surface area contributed by atoms with Crippen LogP contribution >= 0.6 is 11.6 Å². The smallest absolute Gasteiger partial charge is 0.262 e. The standard InChI is InChI=1S/C44H45ClN6O7/c1-46-38-11-9-33(25-37(38)45)58-34-22-29-4-5-30(23-34)50(29)42(54)26-2-7-31(8-3-26)57-32-16-20-48(21-17-32)27-14-18-49(19-15-27)28-6-10-35-36(24-28)44(56)51(43(35)55)39-12-13-40(52)47-41(39)53/h2-3,6-11,24-25,27,29-30,32,34,39H,4-5,12-23H2,(H,47,52,53). The van der Waals surface area contributed by atoms with Gasteiger partial charge in [-0.2, -0.15) is 0 Å². The fraction of sp³-hybridized carbons (Fsp3) is 0.455. The maximum absolute atomic E-state index is 13.7. The number of halogens is 1. The number of piperidine rings is 4. The van der Waals surface area contributed by atoms with Crippen LogP contribution in [0.25, 0.3) is 4.85 Å². The molecule has 3 aromatic carbocycles. The normalized spacial score (nSPS) is 25.4. The molecule has 0 saturated carbocycles. The topological polar surface area (TPSA) is 133 Å². The number of rotatable bonds is 8. The van der Waals surface area contributed by atoms with Crippen LogP contribution in [0.4, 0.5) is 11.4 Å². The summed E-state index contributed by atoms with van der Waals surface area (Å²) in [4.78, 5) is 75.6. The molecule has 3 aromatic rings. The second kappa shape index (κ2) is 15.7. The Morgan fingerprint density at radius 3 is 2.07 bits per heavy atom. The molecular weight excluding hydrogens is 760 g/mol. The average molecular weight is 805 g/mol. The van der Waals surface area contributed by atoms with E-state index in [0.717, 1.165) is 93.9 Å². The Kier molecular flexibility index (Phi) is 10.3. The first kappa shape index (κ1) is 38.1. The minimum absolute atomic E-state index is 0.00747. The molecule has 0 radical (unpaired) electrons. The van der Waals surface area contributed by atoms with Gasteiger partial charge in [0, 0.05) is 74.8 Å². The number of nitrogens with zero attached hydrogens (tertiary/aromatic N) is 5. The number of anilines is 1. The van der Waals surface area contributed by atoms with E-state index in [1.807, 2.05) is 30.3 Å². The molecule has 5 amide bonds. The minimum atomic E-state index is -0.975. The Morgan fingerprint density at radius 2 is 1.40 bits per heavy atom. The lowest BCUT2D eigenvalue weighted by Crippen LogP contribution is -2.54. The summed E-state index contributed by atoms with van der Waals surface area (Å²) in [6.07, 6.45) is 7.56. The van der Waals surface area contributed by atoms with Gasteiger partial charge in [0.15, 0.2) is 0 Å². The Hall–Kier alpha value is -5.45. The second-order valence-corrected chi connectivity index (χ2v) is 16.7. The maximum atomic E-state index is 13.7. The molecule has 14 heteroatoms. The molecule has 5 saturated heterocycles. The lowest BCUT2D eigenvalue weighted by molar-refractivity contribution is -0.136. The highest BCUT2D eigenvalue weighted by molar-refractivity contribution is 6.33. The zero-order valence-electron chi connectivity index (χ0n) is 32.1. The Labute approximate surface area is 342 Å². The summed E-state index contributed by atoms with van der Waals surface area (Å²) < 4.78 is 12.7. The molecule has 3 unspecified atom stereocenters. The van der Waals surface area contributed by atoms with Crippen LogP contribution in [0, 0.1) is 6.57 Å². The first-order chi connectivity index (χ1) is 28.1. The van der Waals surface area contributed by atoms with E-state index in [0.29, 0.717) is 39.2 Å². The van der Waals surface area contributed by atoms with Crippen molar-refractivity contribution < 1.29 is 33.4 Å². The van der Waals surface area contributed by atoms with E-state index in [-0.39, 0.29) is 43.0 Å². The molecule has 2 bridgehead atoms. The number of fused-ring (bicyclic) bond motifs is 3. The monoisotopic (exact) mass is 804 g/mol. The minimum Gasteiger partial charge on any atom is -0.490 e. The molecule has 13 nitrogen and oxygen atoms in total. The molecule has 1 N–H and O–H groups in total. The van der Waals surface area contributed by atoms with E-state index in [4.69, 9.17) is 27.6 Å². The zero-order valence-corrected chi connectivity index (χ0v) is 32.9. The van der Waals surface area contributed by atoms with Crippen molar-refractivity contribution in [3.63, 3.8) is 0 Å². The molecule has 0 spiro atoms. The van der Waals surface area contributed by atoms with Crippen LogP contribution in [0.2, 0.25) is 5.02 Å². The van der Waals surface area contributed by atoms with Gasteiger partial charge in [0.1, 0.15) is 29.7 Å². The predicted octanol–water partition coefficient (Wildman–Crippen LogP) is 6.02. The molecule has 6 aliphatic heterocycles. The first-order valence-electron chi connectivity index (χ1n) is 20.4. The van der Waals surface area contributed by atoms with Crippen molar-refractivity contribution in [1.82, 2.24) is 20.0 Å². The fourth-order valence-corrected chi connectivity index (χ4v) is 10.1. The number of ether oxygens (including phenoxy) is 2. The van der Waals surface area contributed by atoms with Crippen molar-refractivity contribution in [3.8, 4) is 11.5 Å². The first-order valence-corrected chi connectivity index (χ1v) is 20.8. The second-order valence-electron chi connectivity index (χ2n) is 16.3. The van der Waals surface area contributed by atoms with Gasteiger partial charge in [-0.05, 0) is 99.5 Å². The molecular formula is C44H45ClN6O7. The third kappa shape index (κ3) is 7.28. The van der Waals surface area contributed by atoms with Crippen molar-refractivity contribution >= 4 is 52.5 Å². The van der Waals surface area contributed by atoms with E-state index in [9.17, 15) is 24.0 Å². The summed E-state index contributed by atoms with van der Waals surface area (Å²) in [6, 6.07) is 17.8. The molecule has 58 heavy (non-hydrogen) atoms. The highest BCUT2D eigenvalue weighted by Crippen LogP contribution is 2.40. The summed E-state index contributed by atoms with van der Waals surface area (Å²) in [6.45, 7) is 10.7. The van der Waals surface area contributed by atoms with Crippen molar-refractivity contribution in [1.29, 1.82) is 0 Å². The summed E-state index contributed by atoms with van der Waals surface area (Å²) >= 11 is 6.22.